The molecule has 0 radical (unpaired) electrons. The van der Waals surface area contributed by atoms with Crippen molar-refractivity contribution in [1.29, 1.82) is 0 Å². The SMILES string of the molecule is CCOc1cc(C(=O)NCCO)ccc1Nc1nc2ccc(-c3ccc(C(=O)NCC4CC4)cc3)cn2n1. The van der Waals surface area contributed by atoms with E-state index in [0.717, 1.165) is 17.7 Å². The van der Waals surface area contributed by atoms with Gasteiger partial charge in [-0.25, -0.2) is 4.52 Å². The van der Waals surface area contributed by atoms with Crippen molar-refractivity contribution in [2.45, 2.75) is 19.8 Å². The molecule has 0 unspecified atom stereocenters. The van der Waals surface area contributed by atoms with E-state index >= 15 is 0 Å². The maximum Gasteiger partial charge on any atom is 0.251 e. The molecule has 2 heterocycles. The molecule has 2 amide bonds. The van der Waals surface area contributed by atoms with E-state index in [1.807, 2.05) is 49.5 Å². The molecule has 2 aromatic heterocycles. The number of hydrogen-bond donors (Lipinski definition) is 4. The molecule has 0 atom stereocenters. The Bertz CT molecular complexity index is 1450. The first-order valence-electron chi connectivity index (χ1n) is 12.7. The van der Waals surface area contributed by atoms with Crippen LogP contribution >= 0.6 is 0 Å². The minimum Gasteiger partial charge on any atom is -0.492 e. The second-order valence-corrected chi connectivity index (χ2v) is 9.14. The predicted octanol–water partition coefficient (Wildman–Crippen LogP) is 3.40. The number of fused-ring (bicyclic) bond motifs is 1. The molecular formula is C28H30N6O4. The van der Waals surface area contributed by atoms with Crippen molar-refractivity contribution in [3.05, 3.63) is 71.9 Å². The van der Waals surface area contributed by atoms with Crippen LogP contribution in [0.4, 0.5) is 11.6 Å². The summed E-state index contributed by atoms with van der Waals surface area (Å²) < 4.78 is 7.41. The molecule has 0 aliphatic heterocycles. The van der Waals surface area contributed by atoms with E-state index < -0.39 is 0 Å². The summed E-state index contributed by atoms with van der Waals surface area (Å²) in [5.74, 6) is 1.17. The molecule has 1 fully saturated rings. The highest BCUT2D eigenvalue weighted by Gasteiger charge is 2.22. The third-order valence-electron chi connectivity index (χ3n) is 6.25. The van der Waals surface area contributed by atoms with E-state index in [2.05, 4.69) is 26.0 Å². The number of carbonyl (C=O) groups is 2. The molecule has 4 N–H and O–H groups in total. The minimum atomic E-state index is -0.295. The Labute approximate surface area is 220 Å². The van der Waals surface area contributed by atoms with Gasteiger partial charge in [0, 0.05) is 36.0 Å². The molecular weight excluding hydrogens is 484 g/mol. The summed E-state index contributed by atoms with van der Waals surface area (Å²) in [6, 6.07) is 16.4. The van der Waals surface area contributed by atoms with Crippen LogP contribution in [0.1, 0.15) is 40.5 Å². The quantitative estimate of drug-likeness (QED) is 0.241. The molecule has 1 saturated carbocycles. The summed E-state index contributed by atoms with van der Waals surface area (Å²) in [6.07, 6.45) is 4.28. The molecule has 0 spiro atoms. The molecule has 2 aromatic carbocycles. The van der Waals surface area contributed by atoms with Crippen molar-refractivity contribution in [2.24, 2.45) is 5.92 Å². The minimum absolute atomic E-state index is 0.0452. The van der Waals surface area contributed by atoms with Gasteiger partial charge in [0.1, 0.15) is 5.75 Å². The number of nitrogens with one attached hydrogen (secondary N) is 3. The Morgan fingerprint density at radius 3 is 2.47 bits per heavy atom. The van der Waals surface area contributed by atoms with Crippen LogP contribution in [-0.2, 0) is 0 Å². The van der Waals surface area contributed by atoms with Crippen LogP contribution in [-0.4, -0.2) is 57.8 Å². The Kier molecular flexibility index (Phi) is 7.50. The highest BCUT2D eigenvalue weighted by Crippen LogP contribution is 2.29. The number of aliphatic hydroxyl groups is 1. The molecule has 38 heavy (non-hydrogen) atoms. The number of benzene rings is 2. The zero-order chi connectivity index (χ0) is 26.5. The molecule has 10 nitrogen and oxygen atoms in total. The van der Waals surface area contributed by atoms with Gasteiger partial charge in [-0.05, 0) is 73.7 Å². The topological polar surface area (TPSA) is 130 Å². The maximum absolute atomic E-state index is 12.3. The summed E-state index contributed by atoms with van der Waals surface area (Å²) in [6.45, 7) is 3.07. The smallest absolute Gasteiger partial charge is 0.251 e. The summed E-state index contributed by atoms with van der Waals surface area (Å²) in [5.41, 5.74) is 4.25. The summed E-state index contributed by atoms with van der Waals surface area (Å²) in [5, 5.41) is 22.3. The van der Waals surface area contributed by atoms with Crippen LogP contribution in [0.25, 0.3) is 16.8 Å². The number of nitrogens with zero attached hydrogens (tertiary/aromatic N) is 3. The van der Waals surface area contributed by atoms with Gasteiger partial charge in [-0.3, -0.25) is 9.59 Å². The van der Waals surface area contributed by atoms with Gasteiger partial charge in [-0.1, -0.05) is 12.1 Å². The van der Waals surface area contributed by atoms with E-state index in [-0.39, 0.29) is 25.0 Å². The lowest BCUT2D eigenvalue weighted by atomic mass is 10.1. The summed E-state index contributed by atoms with van der Waals surface area (Å²) in [7, 11) is 0. The first-order valence-corrected chi connectivity index (χ1v) is 12.7. The number of anilines is 2. The second kappa shape index (κ2) is 11.3. The number of pyridine rings is 1. The first kappa shape index (κ1) is 25.2. The van der Waals surface area contributed by atoms with Crippen LogP contribution in [0, 0.1) is 5.92 Å². The average Bonchev–Trinajstić information content (AvgIpc) is 3.68. The van der Waals surface area contributed by atoms with E-state index in [9.17, 15) is 9.59 Å². The van der Waals surface area contributed by atoms with Gasteiger partial charge >= 0.3 is 0 Å². The number of amides is 2. The Balaban J connectivity index is 1.31. The number of rotatable bonds is 11. The fourth-order valence-electron chi connectivity index (χ4n) is 4.02. The number of carbonyl (C=O) groups excluding carboxylic acids is 2. The van der Waals surface area contributed by atoms with Gasteiger partial charge < -0.3 is 25.8 Å². The van der Waals surface area contributed by atoms with E-state index in [1.54, 1.807) is 22.7 Å². The lowest BCUT2D eigenvalue weighted by Crippen LogP contribution is -2.26. The Hall–Kier alpha value is -4.44. The van der Waals surface area contributed by atoms with Gasteiger partial charge in [0.2, 0.25) is 5.95 Å². The van der Waals surface area contributed by atoms with Crippen molar-refractivity contribution in [3.63, 3.8) is 0 Å². The number of hydrogen-bond acceptors (Lipinski definition) is 7. The monoisotopic (exact) mass is 514 g/mol. The van der Waals surface area contributed by atoms with Crippen LogP contribution in [0.3, 0.4) is 0 Å². The Morgan fingerprint density at radius 1 is 1.00 bits per heavy atom. The summed E-state index contributed by atoms with van der Waals surface area (Å²) >= 11 is 0. The van der Waals surface area contributed by atoms with Crippen LogP contribution in [0.5, 0.6) is 5.75 Å². The number of ether oxygens (including phenoxy) is 1. The highest BCUT2D eigenvalue weighted by atomic mass is 16.5. The lowest BCUT2D eigenvalue weighted by Gasteiger charge is -2.12. The van der Waals surface area contributed by atoms with Gasteiger partial charge in [0.05, 0.1) is 18.9 Å². The molecule has 0 bridgehead atoms. The normalized spacial score (nSPS) is 12.8. The Morgan fingerprint density at radius 2 is 1.74 bits per heavy atom. The molecule has 1 aliphatic rings. The van der Waals surface area contributed by atoms with Crippen molar-refractivity contribution < 1.29 is 19.4 Å². The molecule has 10 heteroatoms. The fraction of sp³-hybridized carbons (Fsp3) is 0.286. The first-order chi connectivity index (χ1) is 18.5. The molecule has 4 aromatic rings. The second-order valence-electron chi connectivity index (χ2n) is 9.14. The zero-order valence-corrected chi connectivity index (χ0v) is 21.1. The van der Waals surface area contributed by atoms with Crippen molar-refractivity contribution in [2.75, 3.05) is 31.6 Å². The van der Waals surface area contributed by atoms with E-state index in [1.165, 1.54) is 12.8 Å². The average molecular weight is 515 g/mol. The van der Waals surface area contributed by atoms with Gasteiger partial charge in [-0.15, -0.1) is 5.10 Å². The van der Waals surface area contributed by atoms with Crippen LogP contribution in [0.15, 0.2) is 60.8 Å². The zero-order valence-electron chi connectivity index (χ0n) is 21.1. The van der Waals surface area contributed by atoms with Crippen molar-refractivity contribution in [1.82, 2.24) is 25.2 Å². The highest BCUT2D eigenvalue weighted by molar-refractivity contribution is 5.95. The van der Waals surface area contributed by atoms with Crippen molar-refractivity contribution >= 4 is 29.1 Å². The van der Waals surface area contributed by atoms with Crippen LogP contribution in [0.2, 0.25) is 0 Å². The van der Waals surface area contributed by atoms with Crippen molar-refractivity contribution in [3.8, 4) is 16.9 Å². The van der Waals surface area contributed by atoms with Gasteiger partial charge in [0.15, 0.2) is 5.65 Å². The lowest BCUT2D eigenvalue weighted by molar-refractivity contribution is 0.0939. The predicted molar refractivity (Wildman–Crippen MR) is 144 cm³/mol. The van der Waals surface area contributed by atoms with Gasteiger partial charge in [0.25, 0.3) is 11.8 Å². The molecule has 196 valence electrons. The largest absolute Gasteiger partial charge is 0.492 e. The fourth-order valence-corrected chi connectivity index (χ4v) is 4.02. The van der Waals surface area contributed by atoms with E-state index in [0.29, 0.717) is 46.7 Å². The maximum atomic E-state index is 12.3. The molecule has 1 aliphatic carbocycles. The van der Waals surface area contributed by atoms with E-state index in [4.69, 9.17) is 9.84 Å². The third kappa shape index (κ3) is 5.92. The standard InChI is InChI=1S/C28H30N6O4/c1-2-38-24-15-21(27(37)29-13-14-35)9-11-23(24)31-28-32-25-12-10-22(17-34(25)33-28)19-5-7-20(8-6-19)26(36)30-16-18-3-4-18/h5-12,15,17-18,35H,2-4,13-14,16H2,1H3,(H,29,37)(H,30,36)(H,31,33). The van der Waals surface area contributed by atoms with Crippen LogP contribution < -0.4 is 20.7 Å². The van der Waals surface area contributed by atoms with Gasteiger partial charge in [-0.2, -0.15) is 4.98 Å². The third-order valence-corrected chi connectivity index (χ3v) is 6.25. The molecule has 0 saturated heterocycles. The summed E-state index contributed by atoms with van der Waals surface area (Å²) in [4.78, 5) is 29.1. The molecule has 5 rings (SSSR count). The number of aromatic nitrogens is 3. The number of aliphatic hydroxyl groups excluding tert-OH is 1.